The molecule has 1 fully saturated rings. The van der Waals surface area contributed by atoms with Crippen molar-refractivity contribution < 1.29 is 19.5 Å². The Bertz CT molecular complexity index is 831. The van der Waals surface area contributed by atoms with Gasteiger partial charge in [0, 0.05) is 25.5 Å². The summed E-state index contributed by atoms with van der Waals surface area (Å²) in [7, 11) is 1.58. The van der Waals surface area contributed by atoms with Crippen molar-refractivity contribution in [2.75, 3.05) is 26.7 Å². The van der Waals surface area contributed by atoms with Crippen molar-refractivity contribution in [3.8, 4) is 0 Å². The van der Waals surface area contributed by atoms with Crippen molar-refractivity contribution in [3.05, 3.63) is 30.0 Å². The van der Waals surface area contributed by atoms with Crippen molar-refractivity contribution in [1.29, 1.82) is 0 Å². The molecule has 8 heteroatoms. The van der Waals surface area contributed by atoms with Crippen LogP contribution in [0.4, 0.5) is 0 Å². The molecule has 0 bridgehead atoms. The maximum atomic E-state index is 12.5. The predicted molar refractivity (Wildman–Crippen MR) is 94.4 cm³/mol. The number of rotatable bonds is 5. The summed E-state index contributed by atoms with van der Waals surface area (Å²) in [6.07, 6.45) is 1.38. The van der Waals surface area contributed by atoms with E-state index in [4.69, 9.17) is 5.11 Å². The van der Waals surface area contributed by atoms with Crippen molar-refractivity contribution in [2.45, 2.75) is 19.3 Å². The second-order valence-electron chi connectivity index (χ2n) is 6.66. The average molecular weight is 358 g/mol. The molecular formula is C18H22N4O4. The second-order valence-corrected chi connectivity index (χ2v) is 6.66. The summed E-state index contributed by atoms with van der Waals surface area (Å²) in [5.41, 5.74) is 1.51. The van der Waals surface area contributed by atoms with E-state index >= 15 is 0 Å². The third kappa shape index (κ3) is 3.84. The van der Waals surface area contributed by atoms with Gasteiger partial charge in [-0.25, -0.2) is 0 Å². The largest absolute Gasteiger partial charge is 0.481 e. The monoisotopic (exact) mass is 358 g/mol. The number of hydrogen-bond donors (Lipinski definition) is 2. The molecule has 0 aliphatic carbocycles. The molecule has 2 amide bonds. The Kier molecular flexibility index (Phi) is 5.20. The topological polar surface area (TPSA) is 107 Å². The number of carbonyl (C=O) groups excluding carboxylic acids is 2. The minimum atomic E-state index is -0.877. The number of aliphatic carboxylic acids is 1. The second kappa shape index (κ2) is 7.55. The molecule has 0 spiro atoms. The van der Waals surface area contributed by atoms with Gasteiger partial charge in [0.2, 0.25) is 11.8 Å². The highest BCUT2D eigenvalue weighted by Gasteiger charge is 2.29. The molecule has 1 saturated heterocycles. The molecule has 2 aromatic rings. The molecule has 3 rings (SSSR count). The number of aromatic amines is 1. The van der Waals surface area contributed by atoms with Crippen LogP contribution in [0.2, 0.25) is 0 Å². The van der Waals surface area contributed by atoms with Gasteiger partial charge < -0.3 is 14.9 Å². The fourth-order valence-corrected chi connectivity index (χ4v) is 3.23. The van der Waals surface area contributed by atoms with Gasteiger partial charge >= 0.3 is 5.97 Å². The van der Waals surface area contributed by atoms with Gasteiger partial charge in [-0.15, -0.1) is 0 Å². The van der Waals surface area contributed by atoms with E-state index in [-0.39, 0.29) is 31.3 Å². The number of carboxylic acids is 1. The first-order valence-corrected chi connectivity index (χ1v) is 8.62. The Morgan fingerprint density at radius 3 is 2.88 bits per heavy atom. The van der Waals surface area contributed by atoms with Crippen molar-refractivity contribution in [1.82, 2.24) is 20.0 Å². The average Bonchev–Trinajstić information content (AvgIpc) is 3.04. The number of nitrogens with zero attached hydrogens (tertiary/aromatic N) is 3. The molecule has 1 atom stereocenters. The molecule has 138 valence electrons. The van der Waals surface area contributed by atoms with Gasteiger partial charge in [0.15, 0.2) is 0 Å². The number of aromatic nitrogens is 2. The van der Waals surface area contributed by atoms with Crippen LogP contribution in [-0.2, 0) is 20.8 Å². The van der Waals surface area contributed by atoms with Gasteiger partial charge in [0.1, 0.15) is 0 Å². The molecule has 8 nitrogen and oxygen atoms in total. The van der Waals surface area contributed by atoms with Gasteiger partial charge in [0.25, 0.3) is 0 Å². The number of likely N-dealkylation sites (N-methyl/N-ethyl adjacent to an activating group) is 1. The molecule has 1 unspecified atom stereocenters. The highest BCUT2D eigenvalue weighted by molar-refractivity contribution is 5.89. The first kappa shape index (κ1) is 17.9. The van der Waals surface area contributed by atoms with Crippen molar-refractivity contribution in [3.63, 3.8) is 0 Å². The van der Waals surface area contributed by atoms with E-state index in [1.165, 1.54) is 9.80 Å². The Morgan fingerprint density at radius 2 is 2.12 bits per heavy atom. The summed E-state index contributed by atoms with van der Waals surface area (Å²) in [5, 5.41) is 17.1. The van der Waals surface area contributed by atoms with Crippen LogP contribution in [0.1, 0.15) is 18.5 Å². The van der Waals surface area contributed by atoms with E-state index in [1.807, 2.05) is 24.3 Å². The number of amides is 2. The quantitative estimate of drug-likeness (QED) is 0.825. The Labute approximate surface area is 150 Å². The maximum absolute atomic E-state index is 12.5. The van der Waals surface area contributed by atoms with Crippen LogP contribution in [0.5, 0.6) is 0 Å². The van der Waals surface area contributed by atoms with E-state index in [2.05, 4.69) is 10.2 Å². The third-order valence-corrected chi connectivity index (χ3v) is 4.79. The van der Waals surface area contributed by atoms with Crippen molar-refractivity contribution in [2.24, 2.45) is 5.92 Å². The Morgan fingerprint density at radius 1 is 1.35 bits per heavy atom. The number of likely N-dealkylation sites (tertiary alicyclic amines) is 1. The lowest BCUT2D eigenvalue weighted by atomic mass is 9.98. The molecule has 2 N–H and O–H groups in total. The minimum absolute atomic E-state index is 0.0583. The lowest BCUT2D eigenvalue weighted by molar-refractivity contribution is -0.147. The van der Waals surface area contributed by atoms with Gasteiger partial charge in [-0.1, -0.05) is 18.2 Å². The summed E-state index contributed by atoms with van der Waals surface area (Å²) in [4.78, 5) is 38.9. The lowest BCUT2D eigenvalue weighted by Crippen LogP contribution is -2.47. The van der Waals surface area contributed by atoms with Crippen LogP contribution < -0.4 is 0 Å². The first-order chi connectivity index (χ1) is 12.5. The molecule has 1 aromatic heterocycles. The smallest absolute Gasteiger partial charge is 0.308 e. The summed E-state index contributed by atoms with van der Waals surface area (Å²) < 4.78 is 0. The summed E-state index contributed by atoms with van der Waals surface area (Å²) >= 11 is 0. The normalized spacial score (nSPS) is 17.3. The van der Waals surface area contributed by atoms with Crippen LogP contribution in [0.25, 0.3) is 10.9 Å². The number of para-hydroxylation sites is 1. The maximum Gasteiger partial charge on any atom is 0.308 e. The Balaban J connectivity index is 1.58. The van der Waals surface area contributed by atoms with Crippen LogP contribution in [0.3, 0.4) is 0 Å². The van der Waals surface area contributed by atoms with Crippen LogP contribution in [-0.4, -0.2) is 69.6 Å². The number of H-pyrrole nitrogens is 1. The van der Waals surface area contributed by atoms with Crippen LogP contribution in [0.15, 0.2) is 24.3 Å². The van der Waals surface area contributed by atoms with E-state index in [0.29, 0.717) is 25.1 Å². The Hall–Kier alpha value is -2.90. The first-order valence-electron chi connectivity index (χ1n) is 8.62. The molecule has 26 heavy (non-hydrogen) atoms. The van der Waals surface area contributed by atoms with E-state index in [0.717, 1.165) is 10.9 Å². The zero-order chi connectivity index (χ0) is 18.7. The summed E-state index contributed by atoms with van der Waals surface area (Å²) in [6.45, 7) is 0.689. The number of nitrogens with one attached hydrogen (secondary N) is 1. The highest BCUT2D eigenvalue weighted by Crippen LogP contribution is 2.18. The highest BCUT2D eigenvalue weighted by atomic mass is 16.4. The predicted octanol–water partition coefficient (Wildman–Crippen LogP) is 0.887. The van der Waals surface area contributed by atoms with Gasteiger partial charge in [-0.3, -0.25) is 19.5 Å². The molecule has 1 aliphatic heterocycles. The molecule has 1 aromatic carbocycles. The number of hydrogen-bond acceptors (Lipinski definition) is 4. The van der Waals surface area contributed by atoms with E-state index in [9.17, 15) is 14.4 Å². The van der Waals surface area contributed by atoms with Gasteiger partial charge in [-0.05, 0) is 18.9 Å². The number of fused-ring (bicyclic) bond motifs is 1. The summed E-state index contributed by atoms with van der Waals surface area (Å²) in [5.74, 6) is -1.82. The fraction of sp³-hybridized carbons (Fsp3) is 0.444. The van der Waals surface area contributed by atoms with Crippen LogP contribution >= 0.6 is 0 Å². The SMILES string of the molecule is CN(CC(=O)N1CCCC(C(=O)O)C1)C(=O)Cc1[nH]nc2ccccc12. The van der Waals surface area contributed by atoms with E-state index in [1.54, 1.807) is 7.05 Å². The zero-order valence-electron chi connectivity index (χ0n) is 14.6. The third-order valence-electron chi connectivity index (χ3n) is 4.79. The zero-order valence-corrected chi connectivity index (χ0v) is 14.6. The van der Waals surface area contributed by atoms with Gasteiger partial charge in [0.05, 0.1) is 30.1 Å². The number of piperidine rings is 1. The number of benzene rings is 1. The molecular weight excluding hydrogens is 336 g/mol. The number of carboxylic acid groups (broad SMARTS) is 1. The van der Waals surface area contributed by atoms with Crippen molar-refractivity contribution >= 4 is 28.7 Å². The number of carbonyl (C=O) groups is 3. The lowest BCUT2D eigenvalue weighted by Gasteiger charge is -2.32. The van der Waals surface area contributed by atoms with E-state index < -0.39 is 11.9 Å². The van der Waals surface area contributed by atoms with Crippen LogP contribution in [0, 0.1) is 5.92 Å². The molecule has 0 radical (unpaired) electrons. The molecule has 0 saturated carbocycles. The minimum Gasteiger partial charge on any atom is -0.481 e. The molecule has 2 heterocycles. The fourth-order valence-electron chi connectivity index (χ4n) is 3.23. The van der Waals surface area contributed by atoms with Gasteiger partial charge in [-0.2, -0.15) is 5.10 Å². The standard InChI is InChI=1S/C18H22N4O4/c1-21(11-17(24)22-8-4-5-12(10-22)18(25)26)16(23)9-15-13-6-2-3-7-14(13)19-20-15/h2-3,6-7,12H,4-5,8-11H2,1H3,(H,19,20)(H,25,26). The molecule has 1 aliphatic rings. The summed E-state index contributed by atoms with van der Waals surface area (Å²) in [6, 6.07) is 7.52.